The summed E-state index contributed by atoms with van der Waals surface area (Å²) >= 11 is 0. The highest BCUT2D eigenvalue weighted by atomic mass is 32.2. The van der Waals surface area contributed by atoms with E-state index >= 15 is 0 Å². The maximum absolute atomic E-state index is 5.66. The predicted molar refractivity (Wildman–Crippen MR) is 91.9 cm³/mol. The van der Waals surface area contributed by atoms with Crippen LogP contribution in [0.3, 0.4) is 0 Å². The zero-order valence-corrected chi connectivity index (χ0v) is 13.6. The van der Waals surface area contributed by atoms with E-state index in [4.69, 9.17) is 4.74 Å². The van der Waals surface area contributed by atoms with Crippen LogP contribution >= 0.6 is 10.5 Å². The van der Waals surface area contributed by atoms with Gasteiger partial charge in [0, 0.05) is 36.3 Å². The lowest BCUT2D eigenvalue weighted by Crippen LogP contribution is -1.96. The van der Waals surface area contributed by atoms with Gasteiger partial charge in [-0.05, 0) is 30.5 Å². The molecule has 2 aromatic rings. The molecule has 0 spiro atoms. The molecule has 1 aromatic heterocycles. The van der Waals surface area contributed by atoms with E-state index in [-0.39, 0.29) is 10.5 Å². The average Bonchev–Trinajstić information content (AvgIpc) is 2.79. The van der Waals surface area contributed by atoms with Crippen LogP contribution in [0.4, 0.5) is 0 Å². The molecule has 0 aliphatic heterocycles. The lowest BCUT2D eigenvalue weighted by atomic mass is 10.2. The van der Waals surface area contributed by atoms with Crippen molar-refractivity contribution < 1.29 is 4.74 Å². The Morgan fingerprint density at radius 1 is 1.25 bits per heavy atom. The van der Waals surface area contributed by atoms with Gasteiger partial charge in [-0.2, -0.15) is 10.5 Å². The quantitative estimate of drug-likeness (QED) is 0.690. The summed E-state index contributed by atoms with van der Waals surface area (Å²) in [6, 6.07) is 8.61. The van der Waals surface area contributed by atoms with Crippen LogP contribution in [0, 0.1) is 0 Å². The first-order valence-corrected chi connectivity index (χ1v) is 9.01. The number of hydrogen-bond acceptors (Lipinski definition) is 1. The molecule has 2 rings (SSSR count). The number of nitrogens with zero attached hydrogens (tertiary/aromatic N) is 1. The van der Waals surface area contributed by atoms with E-state index in [1.54, 1.807) is 0 Å². The van der Waals surface area contributed by atoms with Crippen molar-refractivity contribution in [3.63, 3.8) is 0 Å². The molecule has 0 aliphatic rings. The van der Waals surface area contributed by atoms with E-state index < -0.39 is 0 Å². The molecule has 0 N–H and O–H groups in total. The first-order chi connectivity index (χ1) is 9.76. The van der Waals surface area contributed by atoms with Crippen molar-refractivity contribution in [3.8, 4) is 0 Å². The van der Waals surface area contributed by atoms with Crippen molar-refractivity contribution in [2.45, 2.75) is 26.7 Å². The minimum atomic E-state index is 0.222. The zero-order chi connectivity index (χ0) is 14.4. The summed E-state index contributed by atoms with van der Waals surface area (Å²) in [5.74, 6) is 2.10. The summed E-state index contributed by atoms with van der Waals surface area (Å²) in [4.78, 5) is 0. The van der Waals surface area contributed by atoms with Crippen molar-refractivity contribution in [2.24, 2.45) is 7.05 Å². The summed E-state index contributed by atoms with van der Waals surface area (Å²) in [7, 11) is 2.34. The SMILES string of the molecule is CCCC/S(=C\c1cn(C)c2ccccc12)COCC. The Labute approximate surface area is 124 Å². The Bertz CT molecular complexity index is 576. The van der Waals surface area contributed by atoms with E-state index in [9.17, 15) is 0 Å². The number of aryl methyl sites for hydroxylation is 1. The molecule has 1 atom stereocenters. The third-order valence-corrected chi connectivity index (χ3v) is 5.29. The van der Waals surface area contributed by atoms with Crippen molar-refractivity contribution in [2.75, 3.05) is 18.3 Å². The number of aromatic nitrogens is 1. The maximum Gasteiger partial charge on any atom is 0.0874 e. The minimum Gasteiger partial charge on any atom is -0.372 e. The lowest BCUT2D eigenvalue weighted by Gasteiger charge is -2.08. The summed E-state index contributed by atoms with van der Waals surface area (Å²) in [6.45, 7) is 5.12. The van der Waals surface area contributed by atoms with Gasteiger partial charge in [0.05, 0.1) is 5.94 Å². The van der Waals surface area contributed by atoms with Crippen LogP contribution in [0.1, 0.15) is 32.3 Å². The molecule has 110 valence electrons. The van der Waals surface area contributed by atoms with Gasteiger partial charge < -0.3 is 9.30 Å². The van der Waals surface area contributed by atoms with Crippen LogP contribution < -0.4 is 0 Å². The predicted octanol–water partition coefficient (Wildman–Crippen LogP) is 4.39. The standard InChI is InChI=1S/C17H25NOS/c1-4-6-11-20(14-19-5-2)13-15-12-18(3)17-10-8-7-9-16(15)17/h7-10,12-13H,4-6,11,14H2,1-3H3. The molecule has 20 heavy (non-hydrogen) atoms. The van der Waals surface area contributed by atoms with E-state index in [0.717, 1.165) is 12.5 Å². The first-order valence-electron chi connectivity index (χ1n) is 7.39. The van der Waals surface area contributed by atoms with Crippen molar-refractivity contribution >= 4 is 26.8 Å². The molecule has 3 heteroatoms. The normalized spacial score (nSPS) is 13.2. The van der Waals surface area contributed by atoms with E-state index in [0.29, 0.717) is 0 Å². The van der Waals surface area contributed by atoms with Crippen LogP contribution in [0.5, 0.6) is 0 Å². The van der Waals surface area contributed by atoms with E-state index in [2.05, 4.69) is 61.3 Å². The fraction of sp³-hybridized carbons (Fsp3) is 0.471. The number of rotatable bonds is 7. The van der Waals surface area contributed by atoms with Crippen LogP contribution in [0.15, 0.2) is 30.5 Å². The highest BCUT2D eigenvalue weighted by Crippen LogP contribution is 2.23. The molecule has 0 radical (unpaired) electrons. The molecule has 0 saturated carbocycles. The van der Waals surface area contributed by atoms with Gasteiger partial charge in [0.1, 0.15) is 0 Å². The van der Waals surface area contributed by atoms with Crippen LogP contribution in [0.25, 0.3) is 10.9 Å². The number of fused-ring (bicyclic) bond motifs is 1. The molecule has 1 aromatic carbocycles. The molecular formula is C17H25NOS. The third kappa shape index (κ3) is 3.74. The van der Waals surface area contributed by atoms with Crippen LogP contribution in [-0.4, -0.2) is 28.2 Å². The summed E-state index contributed by atoms with van der Waals surface area (Å²) < 4.78 is 7.87. The second-order valence-corrected chi connectivity index (χ2v) is 6.99. The van der Waals surface area contributed by atoms with Gasteiger partial charge >= 0.3 is 0 Å². The van der Waals surface area contributed by atoms with Crippen molar-refractivity contribution in [3.05, 3.63) is 36.0 Å². The molecular weight excluding hydrogens is 266 g/mol. The monoisotopic (exact) mass is 291 g/mol. The number of para-hydroxylation sites is 1. The molecule has 0 saturated heterocycles. The largest absolute Gasteiger partial charge is 0.372 e. The third-order valence-electron chi connectivity index (χ3n) is 3.42. The zero-order valence-electron chi connectivity index (χ0n) is 12.8. The topological polar surface area (TPSA) is 14.2 Å². The number of hydrogen-bond donors (Lipinski definition) is 0. The highest BCUT2D eigenvalue weighted by Gasteiger charge is 2.05. The van der Waals surface area contributed by atoms with Gasteiger partial charge in [0.25, 0.3) is 0 Å². The fourth-order valence-corrected chi connectivity index (χ4v) is 4.21. The van der Waals surface area contributed by atoms with Gasteiger partial charge in [-0.1, -0.05) is 31.5 Å². The number of unbranched alkanes of at least 4 members (excludes halogenated alkanes) is 1. The van der Waals surface area contributed by atoms with E-state index in [1.165, 1.54) is 35.1 Å². The molecule has 0 fully saturated rings. The number of benzene rings is 1. The second-order valence-electron chi connectivity index (χ2n) is 5.04. The Kier molecular flexibility index (Phi) is 5.86. The summed E-state index contributed by atoms with van der Waals surface area (Å²) in [6.07, 6.45) is 4.76. The molecule has 0 bridgehead atoms. The smallest absolute Gasteiger partial charge is 0.0874 e. The fourth-order valence-electron chi connectivity index (χ4n) is 2.32. The lowest BCUT2D eigenvalue weighted by molar-refractivity contribution is 0.199. The molecule has 0 amide bonds. The van der Waals surface area contributed by atoms with Gasteiger partial charge in [-0.3, -0.25) is 0 Å². The molecule has 1 heterocycles. The Hall–Kier alpha value is -1.06. The highest BCUT2D eigenvalue weighted by molar-refractivity contribution is 8.15. The molecule has 1 unspecified atom stereocenters. The second kappa shape index (κ2) is 7.65. The number of ether oxygens (including phenoxy) is 1. The van der Waals surface area contributed by atoms with E-state index in [1.807, 2.05) is 0 Å². The first kappa shape index (κ1) is 15.3. The van der Waals surface area contributed by atoms with Gasteiger partial charge in [-0.25, -0.2) is 0 Å². The van der Waals surface area contributed by atoms with Gasteiger partial charge in [-0.15, -0.1) is 0 Å². The van der Waals surface area contributed by atoms with Crippen molar-refractivity contribution in [1.82, 2.24) is 4.57 Å². The Morgan fingerprint density at radius 3 is 2.80 bits per heavy atom. The van der Waals surface area contributed by atoms with Crippen LogP contribution in [0.2, 0.25) is 0 Å². The van der Waals surface area contributed by atoms with Crippen molar-refractivity contribution in [1.29, 1.82) is 0 Å². The minimum absolute atomic E-state index is 0.222. The van der Waals surface area contributed by atoms with Crippen LogP contribution in [-0.2, 0) is 11.8 Å². The maximum atomic E-state index is 5.66. The Morgan fingerprint density at radius 2 is 2.05 bits per heavy atom. The molecule has 0 aliphatic carbocycles. The van der Waals surface area contributed by atoms with Gasteiger partial charge in [0.15, 0.2) is 0 Å². The molecule has 2 nitrogen and oxygen atoms in total. The Balaban J connectivity index is 2.31. The average molecular weight is 291 g/mol. The summed E-state index contributed by atoms with van der Waals surface area (Å²) in [5.41, 5.74) is 2.65. The van der Waals surface area contributed by atoms with Gasteiger partial charge in [0.2, 0.25) is 0 Å². The summed E-state index contributed by atoms with van der Waals surface area (Å²) in [5, 5.41) is 3.77.